The SMILES string of the molecule is CC(C)Cc1ccc2c(N)c(C(=O)Nc3nccs3)sc2n1. The van der Waals surface area contributed by atoms with E-state index in [1.54, 1.807) is 6.20 Å². The van der Waals surface area contributed by atoms with Gasteiger partial charge >= 0.3 is 0 Å². The molecule has 0 saturated heterocycles. The molecule has 0 unspecified atom stereocenters. The van der Waals surface area contributed by atoms with Crippen LogP contribution in [0.25, 0.3) is 10.2 Å². The number of rotatable bonds is 4. The largest absolute Gasteiger partial charge is 0.397 e. The fourth-order valence-electron chi connectivity index (χ4n) is 2.18. The molecule has 0 saturated carbocycles. The summed E-state index contributed by atoms with van der Waals surface area (Å²) < 4.78 is 0. The average Bonchev–Trinajstić information content (AvgIpc) is 3.06. The first kappa shape index (κ1) is 14.9. The zero-order valence-corrected chi connectivity index (χ0v) is 13.9. The molecule has 22 heavy (non-hydrogen) atoms. The predicted octanol–water partition coefficient (Wildman–Crippen LogP) is 3.79. The Kier molecular flexibility index (Phi) is 4.08. The van der Waals surface area contributed by atoms with Crippen LogP contribution in [0.15, 0.2) is 23.7 Å². The molecule has 0 fully saturated rings. The normalized spacial score (nSPS) is 11.2. The Hall–Kier alpha value is -1.99. The van der Waals surface area contributed by atoms with Crippen molar-refractivity contribution < 1.29 is 4.79 Å². The molecule has 0 aliphatic carbocycles. The van der Waals surface area contributed by atoms with Crippen molar-refractivity contribution >= 4 is 49.6 Å². The number of hydrogen-bond donors (Lipinski definition) is 2. The van der Waals surface area contributed by atoms with E-state index in [1.165, 1.54) is 22.7 Å². The number of nitrogens with two attached hydrogens (primary N) is 1. The van der Waals surface area contributed by atoms with Crippen molar-refractivity contribution in [1.82, 2.24) is 9.97 Å². The van der Waals surface area contributed by atoms with E-state index in [0.717, 1.165) is 22.3 Å². The standard InChI is InChI=1S/C15H16N4OS2/c1-8(2)7-9-3-4-10-11(16)12(22-14(10)18-9)13(20)19-15-17-5-6-21-15/h3-6,8H,7,16H2,1-2H3,(H,17,19,20). The fourth-order valence-corrected chi connectivity index (χ4v) is 3.71. The Bertz CT molecular complexity index is 808. The summed E-state index contributed by atoms with van der Waals surface area (Å²) in [6.07, 6.45) is 2.56. The van der Waals surface area contributed by atoms with E-state index < -0.39 is 0 Å². The fraction of sp³-hybridized carbons (Fsp3) is 0.267. The maximum absolute atomic E-state index is 12.3. The Morgan fingerprint density at radius 1 is 1.41 bits per heavy atom. The van der Waals surface area contributed by atoms with Crippen LogP contribution in [0.4, 0.5) is 10.8 Å². The van der Waals surface area contributed by atoms with Gasteiger partial charge in [-0.2, -0.15) is 0 Å². The molecule has 3 heterocycles. The number of nitrogens with one attached hydrogen (secondary N) is 1. The zero-order chi connectivity index (χ0) is 15.7. The molecule has 3 aromatic rings. The van der Waals surface area contributed by atoms with Crippen LogP contribution in [0.1, 0.15) is 29.2 Å². The smallest absolute Gasteiger partial charge is 0.269 e. The average molecular weight is 332 g/mol. The van der Waals surface area contributed by atoms with E-state index in [4.69, 9.17) is 5.73 Å². The van der Waals surface area contributed by atoms with Gasteiger partial charge in [0.2, 0.25) is 0 Å². The number of thiophene rings is 1. The highest BCUT2D eigenvalue weighted by Gasteiger charge is 2.18. The van der Waals surface area contributed by atoms with Gasteiger partial charge in [-0.25, -0.2) is 9.97 Å². The third-order valence-electron chi connectivity index (χ3n) is 3.13. The minimum absolute atomic E-state index is 0.235. The molecular formula is C15H16N4OS2. The van der Waals surface area contributed by atoms with E-state index in [1.807, 2.05) is 17.5 Å². The molecule has 0 aliphatic rings. The van der Waals surface area contributed by atoms with Crippen molar-refractivity contribution in [3.8, 4) is 0 Å². The van der Waals surface area contributed by atoms with Crippen LogP contribution >= 0.6 is 22.7 Å². The molecule has 3 aromatic heterocycles. The lowest BCUT2D eigenvalue weighted by atomic mass is 10.1. The highest BCUT2D eigenvalue weighted by atomic mass is 32.1. The van der Waals surface area contributed by atoms with E-state index >= 15 is 0 Å². The molecule has 0 aliphatic heterocycles. The Balaban J connectivity index is 1.93. The summed E-state index contributed by atoms with van der Waals surface area (Å²) in [7, 11) is 0. The van der Waals surface area contributed by atoms with E-state index in [-0.39, 0.29) is 5.91 Å². The van der Waals surface area contributed by atoms with Crippen molar-refractivity contribution in [1.29, 1.82) is 0 Å². The van der Waals surface area contributed by atoms with Crippen LogP contribution in [-0.2, 0) is 6.42 Å². The minimum Gasteiger partial charge on any atom is -0.397 e. The van der Waals surface area contributed by atoms with Crippen LogP contribution in [-0.4, -0.2) is 15.9 Å². The van der Waals surface area contributed by atoms with Gasteiger partial charge in [0.1, 0.15) is 9.71 Å². The number of fused-ring (bicyclic) bond motifs is 1. The summed E-state index contributed by atoms with van der Waals surface area (Å²) in [5.74, 6) is 0.302. The maximum atomic E-state index is 12.3. The highest BCUT2D eigenvalue weighted by molar-refractivity contribution is 7.21. The van der Waals surface area contributed by atoms with Gasteiger partial charge in [-0.15, -0.1) is 22.7 Å². The molecule has 0 aromatic carbocycles. The van der Waals surface area contributed by atoms with Crippen molar-refractivity contribution in [3.63, 3.8) is 0 Å². The van der Waals surface area contributed by atoms with E-state index in [2.05, 4.69) is 29.1 Å². The molecule has 0 atom stereocenters. The van der Waals surface area contributed by atoms with Crippen LogP contribution in [0.3, 0.4) is 0 Å². The summed E-state index contributed by atoms with van der Waals surface area (Å²) >= 11 is 2.70. The number of pyridine rings is 1. The molecule has 3 N–H and O–H groups in total. The molecule has 114 valence electrons. The topological polar surface area (TPSA) is 80.9 Å². The van der Waals surface area contributed by atoms with Gasteiger partial charge in [0.25, 0.3) is 5.91 Å². The summed E-state index contributed by atoms with van der Waals surface area (Å²) in [6.45, 7) is 4.31. The van der Waals surface area contributed by atoms with Crippen molar-refractivity contribution in [2.45, 2.75) is 20.3 Å². The number of carbonyl (C=O) groups excluding carboxylic acids is 1. The number of aromatic nitrogens is 2. The van der Waals surface area contributed by atoms with Crippen molar-refractivity contribution in [2.24, 2.45) is 5.92 Å². The number of carbonyl (C=O) groups is 1. The van der Waals surface area contributed by atoms with Crippen LogP contribution < -0.4 is 11.1 Å². The number of nitrogens with zero attached hydrogens (tertiary/aromatic N) is 2. The third kappa shape index (κ3) is 2.95. The number of hydrogen-bond acceptors (Lipinski definition) is 6. The quantitative estimate of drug-likeness (QED) is 0.762. The summed E-state index contributed by atoms with van der Waals surface area (Å²) in [4.78, 5) is 22.3. The second-order valence-electron chi connectivity index (χ2n) is 5.39. The van der Waals surface area contributed by atoms with Crippen LogP contribution in [0.2, 0.25) is 0 Å². The monoisotopic (exact) mass is 332 g/mol. The van der Waals surface area contributed by atoms with Crippen LogP contribution in [0.5, 0.6) is 0 Å². The second kappa shape index (κ2) is 6.02. The first-order valence-electron chi connectivity index (χ1n) is 6.93. The summed E-state index contributed by atoms with van der Waals surface area (Å²) in [6, 6.07) is 3.93. The Morgan fingerprint density at radius 3 is 2.91 bits per heavy atom. The third-order valence-corrected chi connectivity index (χ3v) is 4.93. The first-order valence-corrected chi connectivity index (χ1v) is 8.63. The lowest BCUT2D eigenvalue weighted by Gasteiger charge is -2.03. The van der Waals surface area contributed by atoms with Gasteiger partial charge < -0.3 is 5.73 Å². The van der Waals surface area contributed by atoms with Gasteiger partial charge in [0.05, 0.1) is 5.69 Å². The van der Waals surface area contributed by atoms with Gasteiger partial charge in [0.15, 0.2) is 5.13 Å². The van der Waals surface area contributed by atoms with Crippen molar-refractivity contribution in [2.75, 3.05) is 11.1 Å². The first-order chi connectivity index (χ1) is 10.5. The number of anilines is 2. The molecule has 1 amide bonds. The van der Waals surface area contributed by atoms with Gasteiger partial charge in [-0.3, -0.25) is 10.1 Å². The van der Waals surface area contributed by atoms with Gasteiger partial charge in [-0.05, 0) is 24.5 Å². The Labute approximate surface area is 136 Å². The second-order valence-corrected chi connectivity index (χ2v) is 7.28. The van der Waals surface area contributed by atoms with Crippen molar-refractivity contribution in [3.05, 3.63) is 34.3 Å². The van der Waals surface area contributed by atoms with E-state index in [9.17, 15) is 4.79 Å². The number of nitrogen functional groups attached to an aromatic ring is 1. The molecule has 7 heteroatoms. The lowest BCUT2D eigenvalue weighted by molar-refractivity contribution is 0.103. The predicted molar refractivity (Wildman–Crippen MR) is 92.6 cm³/mol. The van der Waals surface area contributed by atoms with Gasteiger partial charge in [0, 0.05) is 22.7 Å². The molecule has 0 spiro atoms. The summed E-state index contributed by atoms with van der Waals surface area (Å²) in [5, 5.41) is 5.97. The van der Waals surface area contributed by atoms with Crippen LogP contribution in [0, 0.1) is 5.92 Å². The summed E-state index contributed by atoms with van der Waals surface area (Å²) in [5.41, 5.74) is 7.62. The lowest BCUT2D eigenvalue weighted by Crippen LogP contribution is -2.11. The highest BCUT2D eigenvalue weighted by Crippen LogP contribution is 2.33. The molecule has 5 nitrogen and oxygen atoms in total. The molecule has 0 bridgehead atoms. The molecule has 0 radical (unpaired) electrons. The number of amides is 1. The van der Waals surface area contributed by atoms with E-state index in [0.29, 0.717) is 21.6 Å². The molecular weight excluding hydrogens is 316 g/mol. The molecule has 3 rings (SSSR count). The number of thiazole rings is 1. The zero-order valence-electron chi connectivity index (χ0n) is 12.3. The Morgan fingerprint density at radius 2 is 2.23 bits per heavy atom. The minimum atomic E-state index is -0.235. The van der Waals surface area contributed by atoms with Gasteiger partial charge in [-0.1, -0.05) is 13.8 Å². The maximum Gasteiger partial charge on any atom is 0.269 e.